The number of thiol groups is 1. The summed E-state index contributed by atoms with van der Waals surface area (Å²) in [5.41, 5.74) is 1.20. The molecule has 3 heterocycles. The number of aromatic nitrogens is 2. The number of rotatable bonds is 10. The van der Waals surface area contributed by atoms with Gasteiger partial charge in [0.25, 0.3) is 11.8 Å². The average molecular weight is 715 g/mol. The van der Waals surface area contributed by atoms with Gasteiger partial charge in [-0.2, -0.15) is 0 Å². The molecule has 0 spiro atoms. The number of hydrogen-bond acceptors (Lipinski definition) is 12. The van der Waals surface area contributed by atoms with Crippen molar-refractivity contribution in [2.45, 2.75) is 24.4 Å². The Morgan fingerprint density at radius 1 is 1.16 bits per heavy atom. The zero-order valence-corrected chi connectivity index (χ0v) is 27.0. The monoisotopic (exact) mass is 713 g/mol. The first-order valence-corrected chi connectivity index (χ1v) is 16.5. The summed E-state index contributed by atoms with van der Waals surface area (Å²) in [6.45, 7) is 1.81. The maximum absolute atomic E-state index is 14.1. The van der Waals surface area contributed by atoms with Crippen LogP contribution in [0.4, 0.5) is 0 Å². The first-order valence-electron chi connectivity index (χ1n) is 13.0. The molecule has 2 amide bonds. The van der Waals surface area contributed by atoms with Gasteiger partial charge in [0.05, 0.1) is 5.33 Å². The number of hydrogen-bond donors (Lipinski definition) is 3. The minimum Gasteiger partial charge on any atom is -0.448 e. The van der Waals surface area contributed by atoms with Gasteiger partial charge in [-0.05, 0) is 29.7 Å². The molecule has 2 aliphatic rings. The maximum atomic E-state index is 14.1. The molecule has 5 rings (SSSR count). The Hall–Kier alpha value is -3.79. The van der Waals surface area contributed by atoms with Crippen LogP contribution in [0.5, 0.6) is 0 Å². The highest BCUT2D eigenvalue weighted by atomic mass is 79.9. The molecule has 11 nitrogen and oxygen atoms in total. The zero-order valence-electron chi connectivity index (χ0n) is 22.9. The molecule has 2 aromatic carbocycles. The molecular formula is C29H24BrN5O6S3. The van der Waals surface area contributed by atoms with Crippen LogP contribution >= 0.6 is 51.7 Å². The highest BCUT2D eigenvalue weighted by Gasteiger charge is 2.55. The number of β-lactam (4-membered cyclic amide) rings is 1. The zero-order chi connectivity index (χ0) is 31.4. The van der Waals surface area contributed by atoms with Gasteiger partial charge < -0.3 is 15.3 Å². The number of ether oxygens (including phenoxy) is 1. The number of Topliss-reactive ketones (excluding diaryl/α,β-unsaturated/α-hetero) is 1. The number of carbonyl (C=O) groups is 4. The topological polar surface area (TPSA) is 151 Å². The lowest BCUT2D eigenvalue weighted by Gasteiger charge is -2.49. The van der Waals surface area contributed by atoms with E-state index in [-0.39, 0.29) is 16.8 Å². The van der Waals surface area contributed by atoms with Crippen LogP contribution in [0, 0.1) is 6.92 Å². The lowest BCUT2D eigenvalue weighted by Crippen LogP contribution is -2.71. The number of amides is 2. The van der Waals surface area contributed by atoms with Crippen LogP contribution in [0.15, 0.2) is 83.2 Å². The highest BCUT2D eigenvalue weighted by molar-refractivity contribution is 9.09. The van der Waals surface area contributed by atoms with Crippen LogP contribution in [-0.2, 0) is 23.9 Å². The Morgan fingerprint density at radius 2 is 1.80 bits per heavy atom. The van der Waals surface area contributed by atoms with Crippen molar-refractivity contribution >= 4 is 85.8 Å². The fraction of sp³-hybridized carbons (Fsp3) is 0.207. The lowest BCUT2D eigenvalue weighted by molar-refractivity contribution is -0.154. The van der Waals surface area contributed by atoms with E-state index in [2.05, 4.69) is 49.2 Å². The normalized spacial score (nSPS) is 18.5. The molecule has 2 aliphatic heterocycles. The minimum absolute atomic E-state index is 0.00137. The Bertz CT molecular complexity index is 1660. The maximum Gasteiger partial charge on any atom is 0.356 e. The largest absolute Gasteiger partial charge is 0.448 e. The number of allylic oxidation sites excluding steroid dienone is 1. The molecule has 1 saturated heterocycles. The third-order valence-electron chi connectivity index (χ3n) is 6.66. The van der Waals surface area contributed by atoms with Gasteiger partial charge in [-0.15, -0.1) is 34.6 Å². The van der Waals surface area contributed by atoms with E-state index in [0.29, 0.717) is 15.5 Å². The van der Waals surface area contributed by atoms with Crippen molar-refractivity contribution in [2.24, 2.45) is 5.16 Å². The van der Waals surface area contributed by atoms with E-state index in [1.807, 2.05) is 67.6 Å². The molecular weight excluding hydrogens is 690 g/mol. The molecule has 0 radical (unpaired) electrons. The molecule has 3 aromatic rings. The standard InChI is InChI=1S/C29H24BrN5O6S3/c1-15-32-33-26(44-15)20(42)12-18-14-43-28-22(31-25(37)21(34-40)19(36)13-30)27(38)35(28)23(18)29(39)41-24(16-8-4-2-5-9-16)17-10-6-3-7-11-17/h2-12,22,24,28,40,42H,13-14H2,1H3,(H,31,37). The number of halogens is 1. The van der Waals surface area contributed by atoms with Crippen molar-refractivity contribution in [1.29, 1.82) is 0 Å². The van der Waals surface area contributed by atoms with E-state index in [4.69, 9.17) is 4.74 Å². The van der Waals surface area contributed by atoms with Crippen molar-refractivity contribution in [2.75, 3.05) is 11.1 Å². The number of esters is 1. The smallest absolute Gasteiger partial charge is 0.356 e. The number of nitrogens with zero attached hydrogens (tertiary/aromatic N) is 4. The first-order chi connectivity index (χ1) is 21.2. The number of ketones is 1. The van der Waals surface area contributed by atoms with Gasteiger partial charge in [-0.3, -0.25) is 19.3 Å². The van der Waals surface area contributed by atoms with Crippen molar-refractivity contribution in [1.82, 2.24) is 20.4 Å². The van der Waals surface area contributed by atoms with Crippen LogP contribution < -0.4 is 5.32 Å². The average Bonchev–Trinajstić information content (AvgIpc) is 3.49. The number of thioether (sulfide) groups is 1. The molecule has 2 unspecified atom stereocenters. The minimum atomic E-state index is -1.08. The van der Waals surface area contributed by atoms with E-state index in [0.717, 1.165) is 16.1 Å². The third-order valence-corrected chi connectivity index (χ3v) is 9.84. The summed E-state index contributed by atoms with van der Waals surface area (Å²) in [5.74, 6) is -2.86. The van der Waals surface area contributed by atoms with Crippen molar-refractivity contribution in [3.05, 3.63) is 99.2 Å². The van der Waals surface area contributed by atoms with E-state index in [1.165, 1.54) is 28.0 Å². The van der Waals surface area contributed by atoms with Gasteiger partial charge in [-0.25, -0.2) is 4.79 Å². The molecule has 1 aromatic heterocycles. The summed E-state index contributed by atoms with van der Waals surface area (Å²) in [6.07, 6.45) is 0.884. The second-order valence-corrected chi connectivity index (χ2v) is 12.8. The van der Waals surface area contributed by atoms with E-state index < -0.39 is 46.8 Å². The molecule has 15 heteroatoms. The van der Waals surface area contributed by atoms with Crippen molar-refractivity contribution in [3.63, 3.8) is 0 Å². The van der Waals surface area contributed by atoms with Crippen LogP contribution in [0.3, 0.4) is 0 Å². The number of carbonyl (C=O) groups excluding carboxylic acids is 4. The summed E-state index contributed by atoms with van der Waals surface area (Å²) < 4.78 is 6.13. The van der Waals surface area contributed by atoms with Gasteiger partial charge in [0.1, 0.15) is 22.1 Å². The highest BCUT2D eigenvalue weighted by Crippen LogP contribution is 2.43. The van der Waals surface area contributed by atoms with Gasteiger partial charge >= 0.3 is 5.97 Å². The predicted molar refractivity (Wildman–Crippen MR) is 172 cm³/mol. The van der Waals surface area contributed by atoms with Crippen LogP contribution in [0.25, 0.3) is 4.91 Å². The van der Waals surface area contributed by atoms with Crippen LogP contribution in [-0.4, -0.2) is 72.1 Å². The van der Waals surface area contributed by atoms with E-state index in [9.17, 15) is 24.4 Å². The number of nitrogens with one attached hydrogen (secondary N) is 1. The summed E-state index contributed by atoms with van der Waals surface area (Å²) in [6, 6.07) is 17.4. The Balaban J connectivity index is 1.50. The Morgan fingerprint density at radius 3 is 2.34 bits per heavy atom. The van der Waals surface area contributed by atoms with Gasteiger partial charge in [0, 0.05) is 10.7 Å². The SMILES string of the molecule is Cc1nnc(C(S)=CC2=C(C(=O)OC(c3ccccc3)c3ccccc3)N3C(=O)C(NC(=O)C(=NO)C(=O)CBr)C3SC2)s1. The fourth-order valence-corrected chi connectivity index (χ4v) is 7.13. The van der Waals surface area contributed by atoms with Gasteiger partial charge in [0.15, 0.2) is 11.1 Å². The third kappa shape index (κ3) is 6.50. The summed E-state index contributed by atoms with van der Waals surface area (Å²) in [5, 5.41) is 22.9. The molecule has 2 atom stereocenters. The lowest BCUT2D eigenvalue weighted by atomic mass is 10.00. The fourth-order valence-electron chi connectivity index (χ4n) is 4.62. The molecule has 0 saturated carbocycles. The van der Waals surface area contributed by atoms with E-state index >= 15 is 0 Å². The van der Waals surface area contributed by atoms with E-state index in [1.54, 1.807) is 6.08 Å². The molecule has 0 aliphatic carbocycles. The number of aryl methyl sites for hydroxylation is 1. The van der Waals surface area contributed by atoms with Crippen molar-refractivity contribution in [3.8, 4) is 0 Å². The number of oxime groups is 1. The molecule has 0 bridgehead atoms. The number of benzene rings is 2. The second kappa shape index (κ2) is 13.9. The predicted octanol–water partition coefficient (Wildman–Crippen LogP) is 3.90. The second-order valence-electron chi connectivity index (χ2n) is 9.50. The number of fused-ring (bicyclic) bond motifs is 1. The van der Waals surface area contributed by atoms with Gasteiger partial charge in [-0.1, -0.05) is 93.1 Å². The molecule has 1 fully saturated rings. The molecule has 44 heavy (non-hydrogen) atoms. The van der Waals surface area contributed by atoms with Crippen molar-refractivity contribution < 1.29 is 29.1 Å². The quantitative estimate of drug-likeness (QED) is 0.0416. The molecule has 2 N–H and O–H groups in total. The summed E-state index contributed by atoms with van der Waals surface area (Å²) in [7, 11) is 0. The first kappa shape index (κ1) is 31.6. The molecule has 226 valence electrons. The summed E-state index contributed by atoms with van der Waals surface area (Å²) in [4.78, 5) is 54.0. The van der Waals surface area contributed by atoms with Crippen LogP contribution in [0.1, 0.15) is 27.2 Å². The number of alkyl halides is 1. The summed E-state index contributed by atoms with van der Waals surface area (Å²) >= 11 is 10.2. The Labute approximate surface area is 274 Å². The Kier molecular flexibility index (Phi) is 9.98. The van der Waals surface area contributed by atoms with Crippen LogP contribution in [0.2, 0.25) is 0 Å². The van der Waals surface area contributed by atoms with Gasteiger partial charge in [0.2, 0.25) is 11.5 Å².